The monoisotopic (exact) mass is 478 g/mol. The third-order valence-corrected chi connectivity index (χ3v) is 6.75. The molecule has 0 unspecified atom stereocenters. The number of likely N-dealkylation sites (tertiary alicyclic amines) is 1. The van der Waals surface area contributed by atoms with Gasteiger partial charge >= 0.3 is 0 Å². The second-order valence-corrected chi connectivity index (χ2v) is 8.98. The predicted molar refractivity (Wildman–Crippen MR) is 135 cm³/mol. The van der Waals surface area contributed by atoms with Crippen LogP contribution in [-0.4, -0.2) is 65.5 Å². The lowest BCUT2D eigenvalue weighted by Crippen LogP contribution is -2.38. The maximum Gasteiger partial charge on any atom is 0.295 e. The van der Waals surface area contributed by atoms with Gasteiger partial charge in [0.25, 0.3) is 11.7 Å². The largest absolute Gasteiger partial charge is 0.507 e. The number of hydrogen-bond donors (Lipinski definition) is 1. The summed E-state index contributed by atoms with van der Waals surface area (Å²) < 4.78 is 11.5. The zero-order chi connectivity index (χ0) is 25.1. The summed E-state index contributed by atoms with van der Waals surface area (Å²) in [5.41, 5.74) is 2.32. The van der Waals surface area contributed by atoms with E-state index in [1.54, 1.807) is 11.0 Å². The van der Waals surface area contributed by atoms with Crippen molar-refractivity contribution in [1.29, 1.82) is 0 Å². The molecule has 7 heteroatoms. The maximum absolute atomic E-state index is 13.3. The number of Topliss-reactive ketones (excluding diaryl/α,β-unsaturated/α-hetero) is 1. The maximum atomic E-state index is 13.3. The molecule has 2 heterocycles. The predicted octanol–water partition coefficient (Wildman–Crippen LogP) is 4.17. The first-order chi connectivity index (χ1) is 16.9. The quantitative estimate of drug-likeness (QED) is 0.331. The van der Waals surface area contributed by atoms with Crippen LogP contribution >= 0.6 is 0 Å². The van der Waals surface area contributed by atoms with E-state index in [0.29, 0.717) is 31.0 Å². The molecule has 1 fully saturated rings. The van der Waals surface area contributed by atoms with Crippen LogP contribution in [0.25, 0.3) is 5.76 Å². The van der Waals surface area contributed by atoms with Crippen molar-refractivity contribution in [3.8, 4) is 11.5 Å². The molecule has 0 saturated carbocycles. The molecule has 186 valence electrons. The molecule has 35 heavy (non-hydrogen) atoms. The van der Waals surface area contributed by atoms with Gasteiger partial charge in [-0.1, -0.05) is 26.0 Å². The van der Waals surface area contributed by atoms with Crippen molar-refractivity contribution in [3.05, 3.63) is 64.7 Å². The molecule has 7 nitrogen and oxygen atoms in total. The minimum absolute atomic E-state index is 0.0642. The van der Waals surface area contributed by atoms with Gasteiger partial charge in [-0.3, -0.25) is 9.59 Å². The zero-order valence-electron chi connectivity index (χ0n) is 20.9. The average molecular weight is 479 g/mol. The number of ether oxygens (including phenoxy) is 2. The Morgan fingerprint density at radius 1 is 1.14 bits per heavy atom. The Morgan fingerprint density at radius 2 is 1.91 bits per heavy atom. The summed E-state index contributed by atoms with van der Waals surface area (Å²) in [6.45, 7) is 11.2. The summed E-state index contributed by atoms with van der Waals surface area (Å²) in [5.74, 6) is 0.0168. The summed E-state index contributed by atoms with van der Waals surface area (Å²) in [7, 11) is 0. The third-order valence-electron chi connectivity index (χ3n) is 6.75. The molecule has 0 spiro atoms. The molecule has 4 rings (SSSR count). The van der Waals surface area contributed by atoms with Crippen LogP contribution < -0.4 is 9.47 Å². The first-order valence-electron chi connectivity index (χ1n) is 12.4. The van der Waals surface area contributed by atoms with Crippen LogP contribution in [0.1, 0.15) is 50.4 Å². The van der Waals surface area contributed by atoms with Gasteiger partial charge in [0.1, 0.15) is 23.4 Å². The van der Waals surface area contributed by atoms with Crippen LogP contribution in [0, 0.1) is 0 Å². The van der Waals surface area contributed by atoms with Crippen molar-refractivity contribution < 1.29 is 24.2 Å². The minimum atomic E-state index is -0.700. The van der Waals surface area contributed by atoms with Gasteiger partial charge in [0.2, 0.25) is 0 Å². The molecule has 2 atom stereocenters. The Labute approximate surface area is 206 Å². The molecule has 1 amide bonds. The van der Waals surface area contributed by atoms with Crippen LogP contribution in [0.4, 0.5) is 0 Å². The van der Waals surface area contributed by atoms with E-state index >= 15 is 0 Å². The van der Waals surface area contributed by atoms with E-state index < -0.39 is 17.7 Å². The number of nitrogens with zero attached hydrogens (tertiary/aromatic N) is 2. The van der Waals surface area contributed by atoms with Gasteiger partial charge in [-0.2, -0.15) is 0 Å². The number of aliphatic hydroxyl groups is 1. The molecular formula is C28H34N2O5. The Hall–Kier alpha value is -3.32. The Kier molecular flexibility index (Phi) is 7.45. The number of likely N-dealkylation sites (N-methyl/N-ethyl adjacent to an activating group) is 1. The molecule has 2 aliphatic rings. The summed E-state index contributed by atoms with van der Waals surface area (Å²) in [4.78, 5) is 30.3. The molecule has 2 aromatic rings. The number of carbonyl (C=O) groups excluding carboxylic acids is 2. The second kappa shape index (κ2) is 10.5. The van der Waals surface area contributed by atoms with Crippen LogP contribution in [0.2, 0.25) is 0 Å². The van der Waals surface area contributed by atoms with Crippen molar-refractivity contribution >= 4 is 17.4 Å². The van der Waals surface area contributed by atoms with E-state index in [1.807, 2.05) is 50.2 Å². The third kappa shape index (κ3) is 4.91. The fourth-order valence-electron chi connectivity index (χ4n) is 4.91. The highest BCUT2D eigenvalue weighted by atomic mass is 16.5. The highest BCUT2D eigenvalue weighted by Crippen LogP contribution is 2.41. The van der Waals surface area contributed by atoms with E-state index in [-0.39, 0.29) is 17.4 Å². The molecule has 0 radical (unpaired) electrons. The van der Waals surface area contributed by atoms with Crippen molar-refractivity contribution in [2.75, 3.05) is 32.8 Å². The van der Waals surface area contributed by atoms with Crippen LogP contribution in [0.5, 0.6) is 11.5 Å². The van der Waals surface area contributed by atoms with E-state index in [0.717, 1.165) is 36.4 Å². The normalized spacial score (nSPS) is 20.9. The Bertz CT molecular complexity index is 1140. The summed E-state index contributed by atoms with van der Waals surface area (Å²) in [5, 5.41) is 11.4. The number of aliphatic hydroxyl groups excluding tert-OH is 1. The number of rotatable bonds is 9. The zero-order valence-corrected chi connectivity index (χ0v) is 20.9. The molecule has 1 saturated heterocycles. The lowest BCUT2D eigenvalue weighted by Gasteiger charge is -2.28. The second-order valence-electron chi connectivity index (χ2n) is 8.98. The SMILES string of the molecule is CCOc1cccc([C@H]2/C(=C(\O)c3ccc4c(c3)C[C@H](C)O4)C(=O)C(=O)N2CCN(CC)CC)c1. The average Bonchev–Trinajstić information content (AvgIpc) is 3.35. The van der Waals surface area contributed by atoms with Crippen LogP contribution in [-0.2, 0) is 16.0 Å². The smallest absolute Gasteiger partial charge is 0.295 e. The van der Waals surface area contributed by atoms with Crippen molar-refractivity contribution in [1.82, 2.24) is 9.80 Å². The topological polar surface area (TPSA) is 79.3 Å². The summed E-state index contributed by atoms with van der Waals surface area (Å²) >= 11 is 0. The molecule has 0 aliphatic carbocycles. The molecular weight excluding hydrogens is 444 g/mol. The van der Waals surface area contributed by atoms with Gasteiger partial charge in [-0.15, -0.1) is 0 Å². The highest BCUT2D eigenvalue weighted by Gasteiger charge is 2.46. The van der Waals surface area contributed by atoms with E-state index in [2.05, 4.69) is 18.7 Å². The van der Waals surface area contributed by atoms with Gasteiger partial charge in [0, 0.05) is 25.1 Å². The number of carbonyl (C=O) groups is 2. The lowest BCUT2D eigenvalue weighted by molar-refractivity contribution is -0.140. The fraction of sp³-hybridized carbons (Fsp3) is 0.429. The Balaban J connectivity index is 1.79. The Morgan fingerprint density at radius 3 is 2.63 bits per heavy atom. The molecule has 0 aromatic heterocycles. The number of amides is 1. The number of fused-ring (bicyclic) bond motifs is 1. The molecule has 1 N–H and O–H groups in total. The van der Waals surface area contributed by atoms with Gasteiger partial charge in [0.05, 0.1) is 18.2 Å². The number of benzene rings is 2. The number of ketones is 1. The minimum Gasteiger partial charge on any atom is -0.507 e. The first kappa shape index (κ1) is 24.8. The molecule has 2 aliphatic heterocycles. The highest BCUT2D eigenvalue weighted by molar-refractivity contribution is 6.46. The van der Waals surface area contributed by atoms with E-state index in [4.69, 9.17) is 9.47 Å². The van der Waals surface area contributed by atoms with Crippen molar-refractivity contribution in [2.24, 2.45) is 0 Å². The van der Waals surface area contributed by atoms with Gasteiger partial charge in [-0.05, 0) is 68.4 Å². The van der Waals surface area contributed by atoms with Gasteiger partial charge in [-0.25, -0.2) is 0 Å². The van der Waals surface area contributed by atoms with Crippen molar-refractivity contribution in [2.45, 2.75) is 46.3 Å². The van der Waals surface area contributed by atoms with E-state index in [9.17, 15) is 14.7 Å². The van der Waals surface area contributed by atoms with Crippen molar-refractivity contribution in [3.63, 3.8) is 0 Å². The van der Waals surface area contributed by atoms with Gasteiger partial charge < -0.3 is 24.4 Å². The summed E-state index contributed by atoms with van der Waals surface area (Å²) in [6, 6.07) is 12.1. The van der Waals surface area contributed by atoms with Gasteiger partial charge in [0.15, 0.2) is 0 Å². The van der Waals surface area contributed by atoms with Crippen LogP contribution in [0.3, 0.4) is 0 Å². The molecule has 0 bridgehead atoms. The van der Waals surface area contributed by atoms with E-state index in [1.165, 1.54) is 0 Å². The number of hydrogen-bond acceptors (Lipinski definition) is 6. The standard InChI is InChI=1S/C28H34N2O5/c1-5-29(6-2)13-14-30-25(19-9-8-10-22(17-19)34-7-3)24(27(32)28(30)33)26(31)20-11-12-23-21(16-20)15-18(4)35-23/h8-12,16-18,25,31H,5-7,13-15H2,1-4H3/b26-24+/t18-,25-/m0/s1. The van der Waals surface area contributed by atoms with Crippen LogP contribution in [0.15, 0.2) is 48.0 Å². The fourth-order valence-corrected chi connectivity index (χ4v) is 4.91. The first-order valence-corrected chi connectivity index (χ1v) is 12.4. The lowest BCUT2D eigenvalue weighted by atomic mass is 9.94. The summed E-state index contributed by atoms with van der Waals surface area (Å²) in [6.07, 6.45) is 0.795. The molecule has 2 aromatic carbocycles.